The van der Waals surface area contributed by atoms with Gasteiger partial charge in [0.25, 0.3) is 0 Å². The molecule has 1 aromatic rings. The summed E-state index contributed by atoms with van der Waals surface area (Å²) in [5.74, 6) is -1.36. The molecular formula is C10H10ClN3O4S. The van der Waals surface area contributed by atoms with E-state index < -0.39 is 34.9 Å². The Hall–Kier alpha value is -1.64. The highest BCUT2D eigenvalue weighted by Gasteiger charge is 2.34. The fourth-order valence-electron chi connectivity index (χ4n) is 1.64. The lowest BCUT2D eigenvalue weighted by Gasteiger charge is -2.25. The number of rotatable bonds is 2. The number of nitrogens with one attached hydrogen (secondary N) is 1. The van der Waals surface area contributed by atoms with Gasteiger partial charge in [0.05, 0.1) is 18.1 Å². The summed E-state index contributed by atoms with van der Waals surface area (Å²) < 4.78 is 25.4. The Labute approximate surface area is 114 Å². The number of anilines is 1. The second-order valence-electron chi connectivity index (χ2n) is 3.93. The maximum absolute atomic E-state index is 12.3. The van der Waals surface area contributed by atoms with E-state index in [0.717, 1.165) is 4.31 Å². The zero-order valence-electron chi connectivity index (χ0n) is 9.59. The number of nitrogen functional groups attached to an aromatic ring is 1. The Morgan fingerprint density at radius 1 is 1.21 bits per heavy atom. The summed E-state index contributed by atoms with van der Waals surface area (Å²) in [6.45, 7) is -0.863. The summed E-state index contributed by atoms with van der Waals surface area (Å²) in [5, 5.41) is 2.00. The monoisotopic (exact) mass is 303 g/mol. The van der Waals surface area contributed by atoms with E-state index in [1.54, 1.807) is 0 Å². The van der Waals surface area contributed by atoms with E-state index in [1.165, 1.54) is 18.2 Å². The first-order chi connectivity index (χ1) is 8.80. The highest BCUT2D eigenvalue weighted by Crippen LogP contribution is 2.26. The average molecular weight is 304 g/mol. The third kappa shape index (κ3) is 2.70. The van der Waals surface area contributed by atoms with E-state index in [2.05, 4.69) is 0 Å². The fourth-order valence-corrected chi connectivity index (χ4v) is 3.50. The van der Waals surface area contributed by atoms with Gasteiger partial charge in [-0.05, 0) is 18.2 Å². The number of sulfonamides is 1. The molecule has 0 saturated carbocycles. The van der Waals surface area contributed by atoms with E-state index in [1.807, 2.05) is 5.32 Å². The van der Waals surface area contributed by atoms with E-state index >= 15 is 0 Å². The van der Waals surface area contributed by atoms with Gasteiger partial charge in [0.15, 0.2) is 0 Å². The van der Waals surface area contributed by atoms with Crippen molar-refractivity contribution in [2.24, 2.45) is 0 Å². The molecule has 2 rings (SSSR count). The van der Waals surface area contributed by atoms with Gasteiger partial charge in [-0.3, -0.25) is 14.9 Å². The maximum atomic E-state index is 12.3. The Morgan fingerprint density at radius 3 is 2.37 bits per heavy atom. The second-order valence-corrected chi connectivity index (χ2v) is 6.25. The normalized spacial score (nSPS) is 17.3. The lowest BCUT2D eigenvalue weighted by Crippen LogP contribution is -2.53. The zero-order chi connectivity index (χ0) is 14.2. The quantitative estimate of drug-likeness (QED) is 0.569. The van der Waals surface area contributed by atoms with Crippen LogP contribution < -0.4 is 11.1 Å². The van der Waals surface area contributed by atoms with Crippen molar-refractivity contribution in [2.75, 3.05) is 18.8 Å². The van der Waals surface area contributed by atoms with E-state index in [4.69, 9.17) is 17.3 Å². The zero-order valence-corrected chi connectivity index (χ0v) is 11.2. The van der Waals surface area contributed by atoms with Crippen molar-refractivity contribution in [3.63, 3.8) is 0 Å². The molecule has 0 spiro atoms. The van der Waals surface area contributed by atoms with Crippen LogP contribution in [0, 0.1) is 0 Å². The molecule has 0 radical (unpaired) electrons. The number of amides is 2. The molecule has 1 saturated heterocycles. The molecule has 0 aliphatic carbocycles. The van der Waals surface area contributed by atoms with E-state index in [9.17, 15) is 18.0 Å². The minimum atomic E-state index is -4.04. The molecule has 1 aliphatic heterocycles. The maximum Gasteiger partial charge on any atom is 0.245 e. The molecule has 102 valence electrons. The second kappa shape index (κ2) is 4.80. The van der Waals surface area contributed by atoms with Crippen molar-refractivity contribution in [3.8, 4) is 0 Å². The molecule has 1 aliphatic rings. The third-order valence-corrected chi connectivity index (χ3v) is 4.77. The minimum Gasteiger partial charge on any atom is -0.399 e. The van der Waals surface area contributed by atoms with Crippen LogP contribution in [-0.2, 0) is 19.6 Å². The number of imide groups is 1. The molecule has 2 amide bonds. The van der Waals surface area contributed by atoms with Crippen molar-refractivity contribution in [2.45, 2.75) is 4.90 Å². The smallest absolute Gasteiger partial charge is 0.245 e. The van der Waals surface area contributed by atoms with E-state index in [-0.39, 0.29) is 15.6 Å². The first-order valence-electron chi connectivity index (χ1n) is 5.18. The fraction of sp³-hybridized carbons (Fsp3) is 0.200. The van der Waals surface area contributed by atoms with Crippen molar-refractivity contribution in [3.05, 3.63) is 23.2 Å². The topological polar surface area (TPSA) is 110 Å². The summed E-state index contributed by atoms with van der Waals surface area (Å²) in [4.78, 5) is 22.2. The van der Waals surface area contributed by atoms with Crippen LogP contribution in [0.5, 0.6) is 0 Å². The number of hydrogen-bond donors (Lipinski definition) is 2. The Kier molecular flexibility index (Phi) is 3.48. The largest absolute Gasteiger partial charge is 0.399 e. The summed E-state index contributed by atoms with van der Waals surface area (Å²) in [6.07, 6.45) is 0. The molecule has 1 fully saturated rings. The minimum absolute atomic E-state index is 0.0207. The first-order valence-corrected chi connectivity index (χ1v) is 7.00. The van der Waals surface area contributed by atoms with Crippen LogP contribution in [0.4, 0.5) is 5.69 Å². The number of piperazine rings is 1. The van der Waals surface area contributed by atoms with Crippen LogP contribution in [0.3, 0.4) is 0 Å². The van der Waals surface area contributed by atoms with Crippen LogP contribution in [0.1, 0.15) is 0 Å². The van der Waals surface area contributed by atoms with Gasteiger partial charge in [0.1, 0.15) is 4.90 Å². The summed E-state index contributed by atoms with van der Waals surface area (Å²) in [5.41, 5.74) is 5.74. The van der Waals surface area contributed by atoms with Crippen molar-refractivity contribution < 1.29 is 18.0 Å². The molecule has 19 heavy (non-hydrogen) atoms. The van der Waals surface area contributed by atoms with Crippen LogP contribution in [0.2, 0.25) is 5.02 Å². The summed E-state index contributed by atoms with van der Waals surface area (Å²) in [7, 11) is -4.04. The van der Waals surface area contributed by atoms with Gasteiger partial charge in [-0.1, -0.05) is 11.6 Å². The predicted octanol–water partition coefficient (Wildman–Crippen LogP) is -0.431. The molecule has 1 heterocycles. The number of hydrogen-bond acceptors (Lipinski definition) is 5. The molecule has 0 aromatic heterocycles. The van der Waals surface area contributed by atoms with Crippen LogP contribution >= 0.6 is 11.6 Å². The Balaban J connectivity index is 2.44. The number of nitrogens with zero attached hydrogens (tertiary/aromatic N) is 1. The molecule has 3 N–H and O–H groups in total. The summed E-state index contributed by atoms with van der Waals surface area (Å²) >= 11 is 5.83. The average Bonchev–Trinajstić information content (AvgIpc) is 2.31. The Morgan fingerprint density at radius 2 is 1.79 bits per heavy atom. The number of nitrogens with two attached hydrogens (primary N) is 1. The number of halogens is 1. The standard InChI is InChI=1S/C10H10ClN3O4S/c11-7-2-1-6(12)3-8(7)19(17,18)14-4-9(15)13-10(16)5-14/h1-3H,4-5,12H2,(H,13,15,16). The SMILES string of the molecule is Nc1ccc(Cl)c(S(=O)(=O)N2CC(=O)NC(=O)C2)c1. The first kappa shape index (κ1) is 13.8. The van der Waals surface area contributed by atoms with Gasteiger partial charge in [0, 0.05) is 5.69 Å². The van der Waals surface area contributed by atoms with E-state index in [0.29, 0.717) is 0 Å². The number of benzene rings is 1. The van der Waals surface area contributed by atoms with Crippen LogP contribution in [-0.4, -0.2) is 37.6 Å². The number of carbonyl (C=O) groups excluding carboxylic acids is 2. The number of carbonyl (C=O) groups is 2. The predicted molar refractivity (Wildman–Crippen MR) is 67.8 cm³/mol. The highest BCUT2D eigenvalue weighted by atomic mass is 35.5. The lowest BCUT2D eigenvalue weighted by molar-refractivity contribution is -0.134. The summed E-state index contributed by atoms with van der Waals surface area (Å²) in [6, 6.07) is 3.99. The van der Waals surface area contributed by atoms with Gasteiger partial charge in [-0.25, -0.2) is 8.42 Å². The molecule has 0 unspecified atom stereocenters. The Bertz CT molecular complexity index is 643. The van der Waals surface area contributed by atoms with Crippen molar-refractivity contribution in [1.82, 2.24) is 9.62 Å². The van der Waals surface area contributed by atoms with Crippen molar-refractivity contribution >= 4 is 39.1 Å². The third-order valence-electron chi connectivity index (χ3n) is 2.49. The lowest BCUT2D eigenvalue weighted by atomic mass is 10.3. The van der Waals surface area contributed by atoms with Gasteiger partial charge >= 0.3 is 0 Å². The van der Waals surface area contributed by atoms with Gasteiger partial charge in [0.2, 0.25) is 21.8 Å². The highest BCUT2D eigenvalue weighted by molar-refractivity contribution is 7.89. The van der Waals surface area contributed by atoms with Crippen molar-refractivity contribution in [1.29, 1.82) is 0 Å². The molecule has 0 bridgehead atoms. The van der Waals surface area contributed by atoms with Gasteiger partial charge in [-0.15, -0.1) is 0 Å². The van der Waals surface area contributed by atoms with Crippen LogP contribution in [0.15, 0.2) is 23.1 Å². The van der Waals surface area contributed by atoms with Crippen LogP contribution in [0.25, 0.3) is 0 Å². The molecular weight excluding hydrogens is 294 g/mol. The molecule has 0 atom stereocenters. The molecule has 1 aromatic carbocycles. The van der Waals surface area contributed by atoms with Gasteiger partial charge in [-0.2, -0.15) is 4.31 Å². The molecule has 9 heteroatoms. The molecule has 7 nitrogen and oxygen atoms in total. The van der Waals surface area contributed by atoms with Gasteiger partial charge < -0.3 is 5.73 Å².